The number of hydrogen-bond acceptors (Lipinski definition) is 5. The zero-order chi connectivity index (χ0) is 17.3. The second-order valence-electron chi connectivity index (χ2n) is 7.04. The topological polar surface area (TPSA) is 61.9 Å². The van der Waals surface area contributed by atoms with Gasteiger partial charge in [-0.15, -0.1) is 0 Å². The molecule has 0 spiro atoms. The van der Waals surface area contributed by atoms with E-state index in [4.69, 9.17) is 0 Å². The van der Waals surface area contributed by atoms with Crippen molar-refractivity contribution in [3.05, 3.63) is 0 Å². The third-order valence-corrected chi connectivity index (χ3v) is 4.14. The van der Waals surface area contributed by atoms with Gasteiger partial charge in [-0.3, -0.25) is 14.5 Å². The molecular weight excluding hydrogens is 294 g/mol. The van der Waals surface area contributed by atoms with E-state index in [1.54, 1.807) is 0 Å². The van der Waals surface area contributed by atoms with E-state index in [2.05, 4.69) is 21.9 Å². The van der Waals surface area contributed by atoms with Crippen LogP contribution in [0.15, 0.2) is 0 Å². The number of piperazine rings is 1. The first-order valence-electron chi connectivity index (χ1n) is 8.74. The Kier molecular flexibility index (Phi) is 8.55. The van der Waals surface area contributed by atoms with Crippen molar-refractivity contribution in [2.75, 3.05) is 39.3 Å². The van der Waals surface area contributed by atoms with Crippen molar-refractivity contribution in [3.63, 3.8) is 0 Å². The second-order valence-corrected chi connectivity index (χ2v) is 7.04. The van der Waals surface area contributed by atoms with E-state index in [0.29, 0.717) is 12.4 Å². The Bertz CT molecular complexity index is 363. The minimum Gasteiger partial charge on any atom is -0.462 e. The summed E-state index contributed by atoms with van der Waals surface area (Å²) in [6, 6.07) is 0.164. The molecule has 2 rings (SSSR count). The number of carbonyl (C=O) groups excluding carboxylic acids is 2. The van der Waals surface area contributed by atoms with Gasteiger partial charge in [-0.25, -0.2) is 0 Å². The van der Waals surface area contributed by atoms with E-state index in [1.165, 1.54) is 12.8 Å². The van der Waals surface area contributed by atoms with E-state index in [0.717, 1.165) is 45.7 Å². The molecule has 2 heterocycles. The minimum atomic E-state index is -0.318. The van der Waals surface area contributed by atoms with Gasteiger partial charge in [-0.1, -0.05) is 13.3 Å². The third-order valence-electron chi connectivity index (χ3n) is 4.14. The average Bonchev–Trinajstić information content (AvgIpc) is 2.54. The lowest BCUT2D eigenvalue weighted by Gasteiger charge is -2.38. The highest BCUT2D eigenvalue weighted by molar-refractivity contribution is 5.82. The minimum absolute atomic E-state index is 0.164. The highest BCUT2D eigenvalue weighted by atomic mass is 16.5. The highest BCUT2D eigenvalue weighted by Gasteiger charge is 2.31. The number of hydrogen-bond donors (Lipinski definition) is 1. The van der Waals surface area contributed by atoms with Crippen LogP contribution in [0.25, 0.3) is 0 Å². The van der Waals surface area contributed by atoms with E-state index in [1.807, 2.05) is 25.7 Å². The van der Waals surface area contributed by atoms with Crippen LogP contribution in [-0.2, 0) is 14.3 Å². The van der Waals surface area contributed by atoms with Gasteiger partial charge < -0.3 is 15.0 Å². The molecule has 0 bridgehead atoms. The van der Waals surface area contributed by atoms with Crippen molar-refractivity contribution < 1.29 is 14.3 Å². The van der Waals surface area contributed by atoms with Gasteiger partial charge in [0, 0.05) is 26.2 Å². The van der Waals surface area contributed by atoms with E-state index in [9.17, 15) is 9.59 Å². The molecule has 0 aromatic heterocycles. The molecule has 134 valence electrons. The molecule has 2 fully saturated rings. The number of carbonyl (C=O) groups is 2. The first-order valence-corrected chi connectivity index (χ1v) is 8.74. The summed E-state index contributed by atoms with van der Waals surface area (Å²) < 4.78 is 4.55. The zero-order valence-electron chi connectivity index (χ0n) is 15.1. The van der Waals surface area contributed by atoms with Gasteiger partial charge in [-0.05, 0) is 46.7 Å². The van der Waals surface area contributed by atoms with E-state index in [-0.39, 0.29) is 11.6 Å². The van der Waals surface area contributed by atoms with Crippen LogP contribution in [-0.4, -0.2) is 73.1 Å². The predicted octanol–water partition coefficient (Wildman–Crippen LogP) is 1.25. The molecule has 1 atom stereocenters. The molecule has 2 saturated heterocycles. The maximum absolute atomic E-state index is 12.4. The van der Waals surface area contributed by atoms with E-state index < -0.39 is 0 Å². The summed E-state index contributed by atoms with van der Waals surface area (Å²) in [6.07, 6.45) is 3.51. The van der Waals surface area contributed by atoms with Crippen molar-refractivity contribution >= 4 is 12.4 Å². The average molecular weight is 327 g/mol. The van der Waals surface area contributed by atoms with Gasteiger partial charge >= 0.3 is 0 Å². The Morgan fingerprint density at radius 1 is 1.22 bits per heavy atom. The Morgan fingerprint density at radius 3 is 2.35 bits per heavy atom. The normalized spacial score (nSPS) is 22.8. The van der Waals surface area contributed by atoms with Gasteiger partial charge in [0.2, 0.25) is 5.91 Å². The summed E-state index contributed by atoms with van der Waals surface area (Å²) in [7, 11) is 0. The molecule has 0 aromatic rings. The van der Waals surface area contributed by atoms with Crippen molar-refractivity contribution in [1.82, 2.24) is 15.1 Å². The Hall–Kier alpha value is -1.14. The lowest BCUT2D eigenvalue weighted by atomic mass is 10.0. The SMILES string of the molecule is CC(C)(C)OC=O.CCN1CCCC[C@H]1C(=O)N1CCNCC1. The van der Waals surface area contributed by atoms with Crippen LogP contribution in [0.1, 0.15) is 47.0 Å². The monoisotopic (exact) mass is 327 g/mol. The molecular formula is C17H33N3O3. The number of ether oxygens (including phenoxy) is 1. The molecule has 6 nitrogen and oxygen atoms in total. The number of piperidine rings is 1. The smallest absolute Gasteiger partial charge is 0.293 e. The summed E-state index contributed by atoms with van der Waals surface area (Å²) in [4.78, 5) is 26.4. The number of likely N-dealkylation sites (tertiary alicyclic amines) is 1. The van der Waals surface area contributed by atoms with Crippen molar-refractivity contribution in [2.24, 2.45) is 0 Å². The van der Waals surface area contributed by atoms with Crippen LogP contribution in [0.5, 0.6) is 0 Å². The largest absolute Gasteiger partial charge is 0.462 e. The molecule has 2 aliphatic rings. The summed E-state index contributed by atoms with van der Waals surface area (Å²) in [5, 5.41) is 3.29. The summed E-state index contributed by atoms with van der Waals surface area (Å²) in [5.74, 6) is 0.364. The molecule has 1 amide bonds. The molecule has 2 aliphatic heterocycles. The van der Waals surface area contributed by atoms with Crippen molar-refractivity contribution in [2.45, 2.75) is 58.6 Å². The van der Waals surface area contributed by atoms with Gasteiger partial charge in [0.25, 0.3) is 6.47 Å². The van der Waals surface area contributed by atoms with Crippen LogP contribution >= 0.6 is 0 Å². The maximum atomic E-state index is 12.4. The lowest BCUT2D eigenvalue weighted by Crippen LogP contribution is -2.55. The van der Waals surface area contributed by atoms with Gasteiger partial charge in [0.15, 0.2) is 0 Å². The van der Waals surface area contributed by atoms with Crippen LogP contribution in [0.2, 0.25) is 0 Å². The molecule has 6 heteroatoms. The first kappa shape index (κ1) is 19.9. The lowest BCUT2D eigenvalue weighted by molar-refractivity contribution is -0.139. The predicted molar refractivity (Wildman–Crippen MR) is 91.2 cm³/mol. The van der Waals surface area contributed by atoms with E-state index >= 15 is 0 Å². The number of rotatable bonds is 3. The summed E-state index contributed by atoms with van der Waals surface area (Å²) >= 11 is 0. The first-order chi connectivity index (χ1) is 10.9. The molecule has 0 radical (unpaired) electrons. The van der Waals surface area contributed by atoms with Gasteiger partial charge in [0.1, 0.15) is 5.60 Å². The molecule has 23 heavy (non-hydrogen) atoms. The van der Waals surface area contributed by atoms with Crippen molar-refractivity contribution in [3.8, 4) is 0 Å². The molecule has 0 aromatic carbocycles. The number of amides is 1. The zero-order valence-corrected chi connectivity index (χ0v) is 15.1. The van der Waals surface area contributed by atoms with Gasteiger partial charge in [0.05, 0.1) is 6.04 Å². The highest BCUT2D eigenvalue weighted by Crippen LogP contribution is 2.18. The fraction of sp³-hybridized carbons (Fsp3) is 0.882. The molecule has 0 saturated carbocycles. The molecule has 0 aliphatic carbocycles. The fourth-order valence-corrected chi connectivity index (χ4v) is 2.89. The van der Waals surface area contributed by atoms with Gasteiger partial charge in [-0.2, -0.15) is 0 Å². The fourth-order valence-electron chi connectivity index (χ4n) is 2.89. The van der Waals surface area contributed by atoms with Crippen LogP contribution < -0.4 is 5.32 Å². The number of nitrogens with one attached hydrogen (secondary N) is 1. The number of likely N-dealkylation sites (N-methyl/N-ethyl adjacent to an activating group) is 1. The quantitative estimate of drug-likeness (QED) is 0.791. The number of nitrogens with zero attached hydrogens (tertiary/aromatic N) is 2. The third kappa shape index (κ3) is 7.31. The summed E-state index contributed by atoms with van der Waals surface area (Å²) in [6.45, 7) is 13.8. The molecule has 1 N–H and O–H groups in total. The maximum Gasteiger partial charge on any atom is 0.293 e. The Balaban J connectivity index is 0.000000322. The van der Waals surface area contributed by atoms with Crippen LogP contribution in [0, 0.1) is 0 Å². The van der Waals surface area contributed by atoms with Crippen LogP contribution in [0.4, 0.5) is 0 Å². The summed E-state index contributed by atoms with van der Waals surface area (Å²) in [5.41, 5.74) is -0.318. The van der Waals surface area contributed by atoms with Crippen LogP contribution in [0.3, 0.4) is 0 Å². The standard InChI is InChI=1S/C12H23N3O.C5H10O2/c1-2-14-8-4-3-5-11(14)12(16)15-9-6-13-7-10-15;1-5(2,3)7-4-6/h11,13H,2-10H2,1H3;4H,1-3H3/t11-;/m0./s1. The second kappa shape index (κ2) is 9.88. The Labute approximate surface area is 140 Å². The van der Waals surface area contributed by atoms with Crippen molar-refractivity contribution in [1.29, 1.82) is 0 Å². The Morgan fingerprint density at radius 2 is 1.87 bits per heavy atom. The molecule has 0 unspecified atom stereocenters.